The standard InChI is InChI=1S/C29H33ClN10O/c1-19-6-5-7-21(30)28(19)39-29(37-22-8-3-4-9-23(22)38-29)24-16-25(33-18-32-24)36-27-17-26(34-20(2)35-27)31-10-11-40-12-14-41-15-13-40/h3-9,16-18,37-39H,10-15H2,1-2H3,(H2,31,32,33,34,35,36). The molecule has 0 unspecified atom stereocenters. The van der Waals surface area contributed by atoms with Crippen LogP contribution in [0.15, 0.2) is 60.9 Å². The number of fused-ring (bicyclic) bond motifs is 1. The number of nitrogens with zero attached hydrogens (tertiary/aromatic N) is 5. The van der Waals surface area contributed by atoms with Crippen LogP contribution in [0.25, 0.3) is 0 Å². The van der Waals surface area contributed by atoms with Gasteiger partial charge in [-0.2, -0.15) is 0 Å². The Morgan fingerprint density at radius 2 is 1.68 bits per heavy atom. The fourth-order valence-corrected chi connectivity index (χ4v) is 5.29. The number of morpholine rings is 1. The molecule has 1 saturated heterocycles. The maximum absolute atomic E-state index is 6.63. The second kappa shape index (κ2) is 11.7. The molecule has 2 aliphatic rings. The van der Waals surface area contributed by atoms with Crippen molar-refractivity contribution in [1.82, 2.24) is 24.8 Å². The Kier molecular flexibility index (Phi) is 7.73. The summed E-state index contributed by atoms with van der Waals surface area (Å²) in [4.78, 5) is 20.6. The van der Waals surface area contributed by atoms with Crippen LogP contribution >= 0.6 is 11.6 Å². The molecule has 11 nitrogen and oxygen atoms in total. The summed E-state index contributed by atoms with van der Waals surface area (Å²) < 4.78 is 5.44. The normalized spacial score (nSPS) is 15.9. The molecule has 0 aliphatic carbocycles. The first-order valence-electron chi connectivity index (χ1n) is 13.7. The smallest absolute Gasteiger partial charge is 0.230 e. The van der Waals surface area contributed by atoms with E-state index in [1.807, 2.05) is 68.4 Å². The quantitative estimate of drug-likeness (QED) is 0.190. The Morgan fingerprint density at radius 3 is 2.44 bits per heavy atom. The number of benzene rings is 2. The van der Waals surface area contributed by atoms with Gasteiger partial charge in [0.15, 0.2) is 0 Å². The summed E-state index contributed by atoms with van der Waals surface area (Å²) in [5, 5.41) is 18.1. The van der Waals surface area contributed by atoms with Crippen molar-refractivity contribution in [1.29, 1.82) is 0 Å². The highest BCUT2D eigenvalue weighted by atomic mass is 35.5. The molecule has 0 radical (unpaired) electrons. The molecule has 4 aromatic rings. The van der Waals surface area contributed by atoms with Crippen molar-refractivity contribution in [3.05, 3.63) is 83.0 Å². The first kappa shape index (κ1) is 27.0. The molecule has 2 aromatic carbocycles. The van der Waals surface area contributed by atoms with E-state index in [0.717, 1.165) is 67.8 Å². The molecule has 6 rings (SSSR count). The number of hydrogen-bond acceptors (Lipinski definition) is 11. The summed E-state index contributed by atoms with van der Waals surface area (Å²) in [5.74, 6) is 1.65. The Labute approximate surface area is 244 Å². The highest BCUT2D eigenvalue weighted by molar-refractivity contribution is 6.33. The van der Waals surface area contributed by atoms with Gasteiger partial charge in [-0.25, -0.2) is 19.9 Å². The maximum atomic E-state index is 6.63. The van der Waals surface area contributed by atoms with Crippen LogP contribution in [0.4, 0.5) is 34.5 Å². The lowest BCUT2D eigenvalue weighted by Crippen LogP contribution is -2.47. The summed E-state index contributed by atoms with van der Waals surface area (Å²) >= 11 is 6.63. The predicted molar refractivity (Wildman–Crippen MR) is 163 cm³/mol. The molecule has 12 heteroatoms. The van der Waals surface area contributed by atoms with Gasteiger partial charge in [0.05, 0.1) is 35.3 Å². The molecule has 0 saturated carbocycles. The average molecular weight is 573 g/mol. The van der Waals surface area contributed by atoms with Crippen LogP contribution in [-0.2, 0) is 10.5 Å². The van der Waals surface area contributed by atoms with Gasteiger partial charge in [0.25, 0.3) is 0 Å². The first-order chi connectivity index (χ1) is 20.0. The summed E-state index contributed by atoms with van der Waals surface area (Å²) in [5.41, 5.74) is 4.36. The maximum Gasteiger partial charge on any atom is 0.230 e. The number of aryl methyl sites for hydroxylation is 2. The van der Waals surface area contributed by atoms with Crippen molar-refractivity contribution >= 4 is 46.1 Å². The van der Waals surface area contributed by atoms with Gasteiger partial charge in [-0.3, -0.25) is 4.90 Å². The van der Waals surface area contributed by atoms with E-state index in [2.05, 4.69) is 51.4 Å². The molecule has 0 atom stereocenters. The van der Waals surface area contributed by atoms with E-state index < -0.39 is 5.79 Å². The van der Waals surface area contributed by atoms with E-state index in [-0.39, 0.29) is 0 Å². The third-order valence-corrected chi connectivity index (χ3v) is 7.40. The third kappa shape index (κ3) is 6.12. The summed E-state index contributed by atoms with van der Waals surface area (Å²) in [6.07, 6.45) is 1.53. The SMILES string of the molecule is Cc1nc(NCCN2CCOCC2)cc(Nc2cc(C3(Nc4c(C)cccc4Cl)Nc4ccccc4N3)ncn2)n1. The van der Waals surface area contributed by atoms with Crippen LogP contribution in [0.3, 0.4) is 0 Å². The molecule has 41 heavy (non-hydrogen) atoms. The van der Waals surface area contributed by atoms with E-state index in [1.165, 1.54) is 6.33 Å². The number of rotatable bonds is 9. The van der Waals surface area contributed by atoms with Gasteiger partial charge >= 0.3 is 0 Å². The lowest BCUT2D eigenvalue weighted by molar-refractivity contribution is 0.0398. The Balaban J connectivity index is 1.24. The van der Waals surface area contributed by atoms with Crippen molar-refractivity contribution in [3.8, 4) is 0 Å². The fraction of sp³-hybridized carbons (Fsp3) is 0.310. The largest absolute Gasteiger partial charge is 0.379 e. The zero-order valence-electron chi connectivity index (χ0n) is 23.0. The number of hydrogen-bond donors (Lipinski definition) is 5. The average Bonchev–Trinajstić information content (AvgIpc) is 3.35. The van der Waals surface area contributed by atoms with Crippen LogP contribution in [0.2, 0.25) is 5.02 Å². The van der Waals surface area contributed by atoms with Gasteiger partial charge in [-0.1, -0.05) is 35.9 Å². The zero-order valence-corrected chi connectivity index (χ0v) is 23.8. The van der Waals surface area contributed by atoms with E-state index in [0.29, 0.717) is 28.2 Å². The summed E-state index contributed by atoms with van der Waals surface area (Å²) in [7, 11) is 0. The topological polar surface area (TPSA) is 124 Å². The highest BCUT2D eigenvalue weighted by Crippen LogP contribution is 2.41. The molecule has 0 amide bonds. The van der Waals surface area contributed by atoms with Gasteiger partial charge in [0.1, 0.15) is 35.3 Å². The number of halogens is 1. The van der Waals surface area contributed by atoms with Gasteiger partial charge in [0.2, 0.25) is 5.79 Å². The minimum absolute atomic E-state index is 0.587. The molecule has 4 heterocycles. The summed E-state index contributed by atoms with van der Waals surface area (Å²) in [6.45, 7) is 9.07. The molecule has 1 fully saturated rings. The van der Waals surface area contributed by atoms with Crippen LogP contribution < -0.4 is 26.6 Å². The van der Waals surface area contributed by atoms with Crippen LogP contribution in [0.5, 0.6) is 0 Å². The minimum Gasteiger partial charge on any atom is -0.379 e. The van der Waals surface area contributed by atoms with Gasteiger partial charge in [-0.15, -0.1) is 0 Å². The number of anilines is 6. The molecule has 5 N–H and O–H groups in total. The van der Waals surface area contributed by atoms with Crippen molar-refractivity contribution in [2.24, 2.45) is 0 Å². The second-order valence-electron chi connectivity index (χ2n) is 10.1. The molecule has 0 spiro atoms. The molecule has 2 aliphatic heterocycles. The van der Waals surface area contributed by atoms with E-state index in [9.17, 15) is 0 Å². The zero-order chi connectivity index (χ0) is 28.2. The molecule has 2 aromatic heterocycles. The second-order valence-corrected chi connectivity index (χ2v) is 10.5. The molecule has 212 valence electrons. The number of ether oxygens (including phenoxy) is 1. The molecular formula is C29H33ClN10O. The lowest BCUT2D eigenvalue weighted by atomic mass is 10.1. The third-order valence-electron chi connectivity index (χ3n) is 7.09. The van der Waals surface area contributed by atoms with Gasteiger partial charge in [0, 0.05) is 38.3 Å². The summed E-state index contributed by atoms with van der Waals surface area (Å²) in [6, 6.07) is 17.6. The Hall–Kier alpha value is -4.19. The Morgan fingerprint density at radius 1 is 0.927 bits per heavy atom. The fourth-order valence-electron chi connectivity index (χ4n) is 5.02. The van der Waals surface area contributed by atoms with Crippen LogP contribution in [0.1, 0.15) is 17.1 Å². The van der Waals surface area contributed by atoms with Gasteiger partial charge in [-0.05, 0) is 37.6 Å². The van der Waals surface area contributed by atoms with Crippen LogP contribution in [-0.4, -0.2) is 64.2 Å². The van der Waals surface area contributed by atoms with Gasteiger partial charge < -0.3 is 31.3 Å². The predicted octanol–water partition coefficient (Wildman–Crippen LogP) is 4.78. The molecule has 0 bridgehead atoms. The van der Waals surface area contributed by atoms with Crippen molar-refractivity contribution in [3.63, 3.8) is 0 Å². The number of nitrogens with one attached hydrogen (secondary N) is 5. The van der Waals surface area contributed by atoms with Crippen molar-refractivity contribution < 1.29 is 4.74 Å². The first-order valence-corrected chi connectivity index (χ1v) is 14.0. The number of aromatic nitrogens is 4. The van der Waals surface area contributed by atoms with E-state index in [1.54, 1.807) is 0 Å². The van der Waals surface area contributed by atoms with Crippen LogP contribution in [0, 0.1) is 13.8 Å². The molecular weight excluding hydrogens is 540 g/mol. The van der Waals surface area contributed by atoms with E-state index >= 15 is 0 Å². The van der Waals surface area contributed by atoms with Crippen molar-refractivity contribution in [2.75, 3.05) is 66.0 Å². The monoisotopic (exact) mass is 572 g/mol. The van der Waals surface area contributed by atoms with E-state index in [4.69, 9.17) is 16.3 Å². The highest BCUT2D eigenvalue weighted by Gasteiger charge is 2.40. The number of para-hydroxylation sites is 3. The Bertz CT molecular complexity index is 1480. The minimum atomic E-state index is -0.980. The lowest BCUT2D eigenvalue weighted by Gasteiger charge is -2.33. The van der Waals surface area contributed by atoms with Crippen molar-refractivity contribution in [2.45, 2.75) is 19.6 Å².